The highest BCUT2D eigenvalue weighted by atomic mass is 19.4. The molecule has 2 aromatic rings. The maximum absolute atomic E-state index is 10.6. The van der Waals surface area contributed by atoms with Crippen LogP contribution in [0.2, 0.25) is 0 Å². The molecule has 0 aliphatic carbocycles. The number of hydrogen-bond acceptors (Lipinski definition) is 1. The van der Waals surface area contributed by atoms with Gasteiger partial charge in [-0.2, -0.15) is 17.7 Å². The summed E-state index contributed by atoms with van der Waals surface area (Å²) < 4.78 is 34.0. The molecule has 0 spiro atoms. The highest BCUT2D eigenvalue weighted by molar-refractivity contribution is 5.75. The number of carboxylic acids is 1. The van der Waals surface area contributed by atoms with Gasteiger partial charge in [-0.3, -0.25) is 0 Å². The number of halogens is 3. The van der Waals surface area contributed by atoms with Gasteiger partial charge < -0.3 is 5.11 Å². The van der Waals surface area contributed by atoms with E-state index in [-0.39, 0.29) is 0 Å². The van der Waals surface area contributed by atoms with Crippen LogP contribution >= 0.6 is 0 Å². The second-order valence-electron chi connectivity index (χ2n) is 4.84. The van der Waals surface area contributed by atoms with E-state index in [4.69, 9.17) is 9.90 Å². The van der Waals surface area contributed by atoms with Crippen LogP contribution in [-0.4, -0.2) is 34.6 Å². The predicted molar refractivity (Wildman–Crippen MR) is 92.1 cm³/mol. The Labute approximate surface area is 144 Å². The minimum atomic E-state index is -5.08. The van der Waals surface area contributed by atoms with Crippen molar-refractivity contribution in [3.63, 3.8) is 0 Å². The van der Waals surface area contributed by atoms with E-state index < -0.39 is 12.1 Å². The van der Waals surface area contributed by atoms with E-state index in [1.807, 2.05) is 12.1 Å². The molecule has 0 aliphatic heterocycles. The molecule has 0 amide bonds. The fourth-order valence-electron chi connectivity index (χ4n) is 1.82. The molecule has 25 heavy (non-hydrogen) atoms. The maximum atomic E-state index is 10.6. The molecule has 2 rings (SSSR count). The number of nitrogens with zero attached hydrogens (tertiary/aromatic N) is 1. The first-order chi connectivity index (χ1) is 11.8. The third-order valence-corrected chi connectivity index (χ3v) is 3.03. The molecule has 3 nitrogen and oxygen atoms in total. The second-order valence-corrected chi connectivity index (χ2v) is 4.84. The molecule has 0 radical (unpaired) electrons. The van der Waals surface area contributed by atoms with Crippen molar-refractivity contribution in [1.29, 1.82) is 0 Å². The van der Waals surface area contributed by atoms with Gasteiger partial charge in [-0.15, -0.1) is 0 Å². The highest BCUT2D eigenvalue weighted by Crippen LogP contribution is 2.13. The second kappa shape index (κ2) is 10.1. The Balaban J connectivity index is 0.000000381. The van der Waals surface area contributed by atoms with Gasteiger partial charge in [0, 0.05) is 18.2 Å². The molecule has 0 unspecified atom stereocenters. The van der Waals surface area contributed by atoms with Crippen molar-refractivity contribution in [2.24, 2.45) is 0 Å². The summed E-state index contributed by atoms with van der Waals surface area (Å²) in [5.41, 5.74) is 2.44. The Morgan fingerprint density at radius 3 is 1.96 bits per heavy atom. The van der Waals surface area contributed by atoms with Crippen LogP contribution in [-0.2, 0) is 4.79 Å². The topological polar surface area (TPSA) is 40.3 Å². The molecular formula is C19H19F3NO2+. The molecular weight excluding hydrogens is 331 g/mol. The number of aliphatic carboxylic acids is 1. The summed E-state index contributed by atoms with van der Waals surface area (Å²) in [4.78, 5) is 8.90. The summed E-state index contributed by atoms with van der Waals surface area (Å²) in [6, 6.07) is 20.7. The zero-order valence-electron chi connectivity index (χ0n) is 13.6. The first-order valence-electron chi connectivity index (χ1n) is 7.53. The van der Waals surface area contributed by atoms with Crippen LogP contribution in [0.5, 0.6) is 0 Å². The zero-order valence-corrected chi connectivity index (χ0v) is 13.6. The van der Waals surface area contributed by atoms with Crippen LogP contribution in [0, 0.1) is 0 Å². The van der Waals surface area contributed by atoms with E-state index >= 15 is 0 Å². The van der Waals surface area contributed by atoms with Crippen LogP contribution < -0.4 is 0 Å². The lowest BCUT2D eigenvalue weighted by Gasteiger charge is -1.97. The summed E-state index contributed by atoms with van der Waals surface area (Å²) in [6.07, 6.45) is 1.24. The smallest absolute Gasteiger partial charge is 0.475 e. The summed E-state index contributed by atoms with van der Waals surface area (Å²) >= 11 is 0. The molecule has 0 aliphatic rings. The molecule has 2 aromatic carbocycles. The van der Waals surface area contributed by atoms with Crippen LogP contribution in [0.25, 0.3) is 6.08 Å². The number of benzene rings is 2. The number of hydrogen-bond donors (Lipinski definition) is 1. The van der Waals surface area contributed by atoms with Gasteiger partial charge in [0.05, 0.1) is 0 Å². The number of carbonyl (C=O) groups is 1. The lowest BCUT2D eigenvalue weighted by Crippen LogP contribution is -2.21. The van der Waals surface area contributed by atoms with Gasteiger partial charge in [0.15, 0.2) is 6.21 Å². The van der Waals surface area contributed by atoms with Gasteiger partial charge >= 0.3 is 12.1 Å². The van der Waals surface area contributed by atoms with Crippen molar-refractivity contribution in [2.75, 3.05) is 6.54 Å². The third kappa shape index (κ3) is 7.97. The standard InChI is InChI=1S/C17H18N.C2HF3O2/c1-2-18(17-13-7-4-8-14-17)15-9-12-16-10-5-3-6-11-16;3-2(4,5)1(6)7/h3-15H,2H2,1H3;(H,6,7)/q+1;. The van der Waals surface area contributed by atoms with Crippen molar-refractivity contribution in [3.8, 4) is 0 Å². The van der Waals surface area contributed by atoms with E-state index in [0.717, 1.165) is 6.54 Å². The largest absolute Gasteiger partial charge is 0.490 e. The van der Waals surface area contributed by atoms with Gasteiger partial charge in [-0.25, -0.2) is 4.79 Å². The molecule has 0 bridgehead atoms. The molecule has 0 heterocycles. The lowest BCUT2D eigenvalue weighted by molar-refractivity contribution is -0.430. The summed E-state index contributed by atoms with van der Waals surface area (Å²) in [5, 5.41) is 7.12. The average molecular weight is 350 g/mol. The van der Waals surface area contributed by atoms with Gasteiger partial charge in [-0.1, -0.05) is 48.5 Å². The van der Waals surface area contributed by atoms with Gasteiger partial charge in [0.25, 0.3) is 0 Å². The summed E-state index contributed by atoms with van der Waals surface area (Å²) in [6.45, 7) is 3.11. The predicted octanol–water partition coefficient (Wildman–Crippen LogP) is 4.77. The molecule has 0 saturated carbocycles. The maximum Gasteiger partial charge on any atom is 0.490 e. The van der Waals surface area contributed by atoms with Crippen LogP contribution in [0.15, 0.2) is 66.7 Å². The Kier molecular flexibility index (Phi) is 8.12. The van der Waals surface area contributed by atoms with Crippen molar-refractivity contribution in [1.82, 2.24) is 0 Å². The first-order valence-corrected chi connectivity index (χ1v) is 7.53. The quantitative estimate of drug-likeness (QED) is 0.637. The number of carboxylic acid groups (broad SMARTS) is 1. The van der Waals surface area contributed by atoms with E-state index in [2.05, 4.69) is 78.4 Å². The molecule has 0 aromatic heterocycles. The monoisotopic (exact) mass is 350 g/mol. The Morgan fingerprint density at radius 2 is 1.52 bits per heavy atom. The molecule has 132 valence electrons. The fourth-order valence-corrected chi connectivity index (χ4v) is 1.82. The SMILES string of the molecule is CC[N+](=CC=Cc1ccccc1)c1ccccc1.O=C(O)C(F)(F)F. The first kappa shape index (κ1) is 20.2. The molecule has 6 heteroatoms. The molecule has 0 fully saturated rings. The average Bonchev–Trinajstić information content (AvgIpc) is 2.60. The summed E-state index contributed by atoms with van der Waals surface area (Å²) in [5.74, 6) is -2.76. The third-order valence-electron chi connectivity index (χ3n) is 3.03. The Morgan fingerprint density at radius 1 is 1.04 bits per heavy atom. The minimum Gasteiger partial charge on any atom is -0.475 e. The Hall–Kier alpha value is -2.89. The van der Waals surface area contributed by atoms with Crippen molar-refractivity contribution in [3.05, 3.63) is 72.3 Å². The van der Waals surface area contributed by atoms with E-state index in [0.29, 0.717) is 0 Å². The van der Waals surface area contributed by atoms with Crippen molar-refractivity contribution >= 4 is 23.9 Å². The number of para-hydroxylation sites is 1. The van der Waals surface area contributed by atoms with Gasteiger partial charge in [-0.05, 0) is 18.6 Å². The lowest BCUT2D eigenvalue weighted by atomic mass is 10.2. The fraction of sp³-hybridized carbons (Fsp3) is 0.158. The highest BCUT2D eigenvalue weighted by Gasteiger charge is 2.38. The minimum absolute atomic E-state index is 0.961. The number of allylic oxidation sites excluding steroid dienone is 1. The van der Waals surface area contributed by atoms with E-state index in [1.165, 1.54) is 11.3 Å². The van der Waals surface area contributed by atoms with Crippen LogP contribution in [0.1, 0.15) is 12.5 Å². The Bertz CT molecular complexity index is 708. The molecule has 0 atom stereocenters. The van der Waals surface area contributed by atoms with Crippen molar-refractivity contribution < 1.29 is 27.6 Å². The van der Waals surface area contributed by atoms with Gasteiger partial charge in [0.2, 0.25) is 5.69 Å². The van der Waals surface area contributed by atoms with E-state index in [1.54, 1.807) is 0 Å². The number of rotatable bonds is 4. The normalized spacial score (nSPS) is 11.8. The van der Waals surface area contributed by atoms with Crippen LogP contribution in [0.3, 0.4) is 0 Å². The molecule has 0 saturated heterocycles. The van der Waals surface area contributed by atoms with Crippen LogP contribution in [0.4, 0.5) is 18.9 Å². The molecule has 1 N–H and O–H groups in total. The van der Waals surface area contributed by atoms with Gasteiger partial charge in [0.1, 0.15) is 6.54 Å². The summed E-state index contributed by atoms with van der Waals surface area (Å²) in [7, 11) is 0. The van der Waals surface area contributed by atoms with Crippen molar-refractivity contribution in [2.45, 2.75) is 13.1 Å². The number of alkyl halides is 3. The van der Waals surface area contributed by atoms with E-state index in [9.17, 15) is 13.2 Å². The zero-order chi connectivity index (χ0) is 18.7.